The van der Waals surface area contributed by atoms with Gasteiger partial charge in [-0.15, -0.1) is 0 Å². The Labute approximate surface area is 201 Å². The Morgan fingerprint density at radius 3 is 2.21 bits per heavy atom. The predicted molar refractivity (Wildman–Crippen MR) is 126 cm³/mol. The molecule has 7 heteroatoms. The molecule has 7 rings (SSSR count). The van der Waals surface area contributed by atoms with Gasteiger partial charge in [0.05, 0.1) is 22.4 Å². The first kappa shape index (κ1) is 20.9. The van der Waals surface area contributed by atoms with Crippen LogP contribution in [-0.4, -0.2) is 29.3 Å². The number of rotatable bonds is 4. The normalized spacial score (nSPS) is 30.9. The highest BCUT2D eigenvalue weighted by atomic mass is 35.5. The van der Waals surface area contributed by atoms with E-state index < -0.39 is 0 Å². The van der Waals surface area contributed by atoms with Crippen molar-refractivity contribution in [3.63, 3.8) is 0 Å². The molecule has 1 saturated heterocycles. The van der Waals surface area contributed by atoms with Crippen LogP contribution < -0.4 is 4.90 Å². The minimum atomic E-state index is -0.389. The van der Waals surface area contributed by atoms with Gasteiger partial charge in [-0.1, -0.05) is 53.6 Å². The number of hydrogen-bond donors (Lipinski definition) is 0. The Kier molecular flexibility index (Phi) is 4.72. The molecule has 0 N–H and O–H groups in total. The average molecular weight is 481 g/mol. The van der Waals surface area contributed by atoms with Gasteiger partial charge in [0.2, 0.25) is 11.8 Å². The molecule has 6 unspecified atom stereocenters. The number of halogens is 2. The molecular formula is C26H22Cl2N2O3. The molecule has 2 aromatic rings. The van der Waals surface area contributed by atoms with Gasteiger partial charge in [-0.3, -0.25) is 24.2 Å². The maximum absolute atomic E-state index is 13.6. The second-order valence-corrected chi connectivity index (χ2v) is 10.4. The number of likely N-dealkylation sites (tertiary alicyclic amines) is 1. The van der Waals surface area contributed by atoms with E-state index in [-0.39, 0.29) is 48.1 Å². The third-order valence-electron chi connectivity index (χ3n) is 7.85. The summed E-state index contributed by atoms with van der Waals surface area (Å²) in [5.41, 5.74) is 1.68. The van der Waals surface area contributed by atoms with Crippen LogP contribution in [-0.2, 0) is 9.59 Å². The lowest BCUT2D eigenvalue weighted by Crippen LogP contribution is -2.45. The summed E-state index contributed by atoms with van der Waals surface area (Å²) in [4.78, 5) is 43.3. The number of imide groups is 1. The largest absolute Gasteiger partial charge is 0.289 e. The van der Waals surface area contributed by atoms with E-state index in [2.05, 4.69) is 12.2 Å². The second kappa shape index (κ2) is 7.44. The first-order valence-electron chi connectivity index (χ1n) is 11.2. The van der Waals surface area contributed by atoms with Gasteiger partial charge < -0.3 is 0 Å². The predicted octanol–water partition coefficient (Wildman–Crippen LogP) is 4.96. The number of anilines is 1. The number of carbonyl (C=O) groups is 3. The average Bonchev–Trinajstić information content (AvgIpc) is 3.59. The van der Waals surface area contributed by atoms with Crippen molar-refractivity contribution < 1.29 is 14.4 Å². The molecule has 5 aliphatic rings. The maximum atomic E-state index is 13.6. The summed E-state index contributed by atoms with van der Waals surface area (Å²) in [5, 5.41) is 0.806. The van der Waals surface area contributed by atoms with Gasteiger partial charge in [0.25, 0.3) is 5.91 Å². The molecule has 0 spiro atoms. The monoisotopic (exact) mass is 480 g/mol. The minimum absolute atomic E-state index is 0.132. The van der Waals surface area contributed by atoms with E-state index in [0.29, 0.717) is 33.1 Å². The first-order valence-corrected chi connectivity index (χ1v) is 12.0. The van der Waals surface area contributed by atoms with Crippen molar-refractivity contribution >= 4 is 46.6 Å². The third-order valence-corrected chi connectivity index (χ3v) is 8.59. The summed E-state index contributed by atoms with van der Waals surface area (Å²) in [6.07, 6.45) is 5.39. The van der Waals surface area contributed by atoms with Crippen LogP contribution in [0.15, 0.2) is 54.6 Å². The van der Waals surface area contributed by atoms with E-state index in [1.165, 1.54) is 9.80 Å². The van der Waals surface area contributed by atoms with Gasteiger partial charge in [-0.05, 0) is 66.8 Å². The van der Waals surface area contributed by atoms with Crippen molar-refractivity contribution in [1.82, 2.24) is 4.90 Å². The summed E-state index contributed by atoms with van der Waals surface area (Å²) in [7, 11) is 0. The number of amides is 3. The fourth-order valence-electron chi connectivity index (χ4n) is 6.09. The van der Waals surface area contributed by atoms with Crippen molar-refractivity contribution in [2.45, 2.75) is 13.3 Å². The number of carbonyl (C=O) groups excluding carboxylic acids is 3. The number of nitrogens with zero attached hydrogens (tertiary/aromatic N) is 2. The Balaban J connectivity index is 1.37. The highest BCUT2D eigenvalue weighted by Gasteiger charge is 2.67. The van der Waals surface area contributed by atoms with Crippen molar-refractivity contribution in [2.24, 2.45) is 35.5 Å². The molecule has 1 heterocycles. The van der Waals surface area contributed by atoms with E-state index in [9.17, 15) is 14.4 Å². The zero-order valence-electron chi connectivity index (χ0n) is 17.9. The maximum Gasteiger partial charge on any atom is 0.261 e. The van der Waals surface area contributed by atoms with Gasteiger partial charge in [0, 0.05) is 10.7 Å². The molecule has 33 heavy (non-hydrogen) atoms. The molecule has 2 aromatic carbocycles. The number of hydrogen-bond acceptors (Lipinski definition) is 3. The number of benzene rings is 2. The molecule has 2 saturated carbocycles. The highest BCUT2D eigenvalue weighted by Crippen LogP contribution is 2.65. The zero-order valence-corrected chi connectivity index (χ0v) is 19.5. The SMILES string of the molecule is Cc1ccc(N(CN2C(=O)C3C4C=CC(C5CC45)C3C2=O)C(=O)c2ccccc2Cl)cc1Cl. The molecule has 5 nitrogen and oxygen atoms in total. The van der Waals surface area contributed by atoms with Crippen molar-refractivity contribution in [3.05, 3.63) is 75.8 Å². The Morgan fingerprint density at radius 1 is 0.970 bits per heavy atom. The van der Waals surface area contributed by atoms with E-state index in [1.54, 1.807) is 36.4 Å². The first-order chi connectivity index (χ1) is 15.9. The Bertz CT molecular complexity index is 1210. The zero-order chi connectivity index (χ0) is 23.0. The van der Waals surface area contributed by atoms with Crippen molar-refractivity contribution in [1.29, 1.82) is 0 Å². The standard InChI is InChI=1S/C26H22Cl2N2O3/c1-13-6-7-14(10-21(13)28)29(24(31)17-4-2-3-5-20(17)27)12-30-25(32)22-15-8-9-16(19-11-18(15)19)23(22)26(30)33/h2-10,15-16,18-19,22-23H,11-12H2,1H3. The molecule has 168 valence electrons. The van der Waals surface area contributed by atoms with E-state index in [4.69, 9.17) is 23.2 Å². The lowest BCUT2D eigenvalue weighted by molar-refractivity contribution is -0.140. The van der Waals surface area contributed by atoms with Gasteiger partial charge in [0.15, 0.2) is 0 Å². The molecule has 3 fully saturated rings. The van der Waals surface area contributed by atoms with Crippen LogP contribution in [0.1, 0.15) is 22.3 Å². The summed E-state index contributed by atoms with van der Waals surface area (Å²) >= 11 is 12.7. The number of aryl methyl sites for hydroxylation is 1. The van der Waals surface area contributed by atoms with Gasteiger partial charge in [0.1, 0.15) is 6.67 Å². The second-order valence-electron chi connectivity index (χ2n) is 9.55. The van der Waals surface area contributed by atoms with Crippen LogP contribution in [0, 0.1) is 42.4 Å². The summed E-state index contributed by atoms with van der Waals surface area (Å²) in [6.45, 7) is 1.71. The molecule has 4 aliphatic carbocycles. The van der Waals surface area contributed by atoms with E-state index in [1.807, 2.05) is 13.0 Å². The van der Waals surface area contributed by atoms with Crippen LogP contribution >= 0.6 is 23.2 Å². The Hall–Kier alpha value is -2.63. The van der Waals surface area contributed by atoms with Crippen LogP contribution in [0.2, 0.25) is 10.0 Å². The molecule has 2 bridgehead atoms. The lowest BCUT2D eigenvalue weighted by Gasteiger charge is -2.37. The Morgan fingerprint density at radius 2 is 1.61 bits per heavy atom. The van der Waals surface area contributed by atoms with E-state index >= 15 is 0 Å². The molecular weight excluding hydrogens is 459 g/mol. The fraction of sp³-hybridized carbons (Fsp3) is 0.346. The summed E-state index contributed by atoms with van der Waals surface area (Å²) in [5.74, 6) is -0.0506. The van der Waals surface area contributed by atoms with Crippen LogP contribution in [0.5, 0.6) is 0 Å². The fourth-order valence-corrected chi connectivity index (χ4v) is 6.48. The highest BCUT2D eigenvalue weighted by molar-refractivity contribution is 6.34. The van der Waals surface area contributed by atoms with Crippen LogP contribution in [0.4, 0.5) is 5.69 Å². The topological polar surface area (TPSA) is 57.7 Å². The quantitative estimate of drug-likeness (QED) is 0.458. The summed E-state index contributed by atoms with van der Waals surface area (Å²) in [6, 6.07) is 12.0. The van der Waals surface area contributed by atoms with Crippen LogP contribution in [0.25, 0.3) is 0 Å². The van der Waals surface area contributed by atoms with Gasteiger partial charge >= 0.3 is 0 Å². The minimum Gasteiger partial charge on any atom is -0.289 e. The van der Waals surface area contributed by atoms with Crippen molar-refractivity contribution in [3.8, 4) is 0 Å². The molecule has 1 aliphatic heterocycles. The smallest absolute Gasteiger partial charge is 0.261 e. The molecule has 0 aromatic heterocycles. The lowest BCUT2D eigenvalue weighted by atomic mass is 9.63. The molecule has 3 amide bonds. The van der Waals surface area contributed by atoms with E-state index in [0.717, 1.165) is 12.0 Å². The third kappa shape index (κ3) is 3.09. The van der Waals surface area contributed by atoms with Crippen molar-refractivity contribution in [2.75, 3.05) is 11.6 Å². The molecule has 6 atom stereocenters. The van der Waals surface area contributed by atoms with Gasteiger partial charge in [-0.25, -0.2) is 0 Å². The van der Waals surface area contributed by atoms with Gasteiger partial charge in [-0.2, -0.15) is 0 Å². The number of allylic oxidation sites excluding steroid dienone is 2. The molecule has 0 radical (unpaired) electrons. The summed E-state index contributed by atoms with van der Waals surface area (Å²) < 4.78 is 0. The van der Waals surface area contributed by atoms with Crippen LogP contribution in [0.3, 0.4) is 0 Å².